The van der Waals surface area contributed by atoms with Crippen molar-refractivity contribution in [2.24, 2.45) is 17.8 Å². The van der Waals surface area contributed by atoms with Crippen molar-refractivity contribution in [1.29, 1.82) is 5.26 Å². The Morgan fingerprint density at radius 1 is 1.19 bits per heavy atom. The zero-order chi connectivity index (χ0) is 22.0. The first kappa shape index (κ1) is 21.2. The van der Waals surface area contributed by atoms with Crippen LogP contribution in [0.5, 0.6) is 0 Å². The number of amides is 1. The standard InChI is InChI=1S/C25H29N3O3/c1-16-17(2)28(14-18-6-4-3-5-7-18)25(22(16)13-26)27-23(29)15-31-24(30)12-21-11-19-8-9-20(21)10-19/h3-7,19-21H,8-12,14-15H2,1-2H3,(H,27,29). The van der Waals surface area contributed by atoms with Crippen molar-refractivity contribution in [3.8, 4) is 6.07 Å². The fraction of sp³-hybridized carbons (Fsp3) is 0.480. The quantitative estimate of drug-likeness (QED) is 0.677. The van der Waals surface area contributed by atoms with Crippen molar-refractivity contribution in [1.82, 2.24) is 4.57 Å². The lowest BCUT2D eigenvalue weighted by atomic mass is 9.86. The molecule has 2 aliphatic rings. The highest BCUT2D eigenvalue weighted by molar-refractivity contribution is 5.93. The van der Waals surface area contributed by atoms with Gasteiger partial charge in [-0.1, -0.05) is 36.8 Å². The zero-order valence-corrected chi connectivity index (χ0v) is 18.2. The van der Waals surface area contributed by atoms with Gasteiger partial charge in [0, 0.05) is 18.7 Å². The maximum absolute atomic E-state index is 12.6. The predicted octanol–water partition coefficient (Wildman–Crippen LogP) is 4.33. The highest BCUT2D eigenvalue weighted by Crippen LogP contribution is 2.49. The van der Waals surface area contributed by atoms with Crippen molar-refractivity contribution < 1.29 is 14.3 Å². The maximum Gasteiger partial charge on any atom is 0.306 e. The number of benzene rings is 1. The van der Waals surface area contributed by atoms with Crippen molar-refractivity contribution in [2.75, 3.05) is 11.9 Å². The third-order valence-corrected chi connectivity index (χ3v) is 7.06. The Balaban J connectivity index is 1.39. The summed E-state index contributed by atoms with van der Waals surface area (Å²) in [7, 11) is 0. The average Bonchev–Trinajstić information content (AvgIpc) is 3.44. The Bertz CT molecular complexity index is 1020. The summed E-state index contributed by atoms with van der Waals surface area (Å²) < 4.78 is 7.20. The van der Waals surface area contributed by atoms with Crippen molar-refractivity contribution in [2.45, 2.75) is 52.5 Å². The van der Waals surface area contributed by atoms with Gasteiger partial charge in [0.05, 0.1) is 5.56 Å². The number of nitrogens with one attached hydrogen (secondary N) is 1. The van der Waals surface area contributed by atoms with Gasteiger partial charge in [0.25, 0.3) is 5.91 Å². The second kappa shape index (κ2) is 8.97. The van der Waals surface area contributed by atoms with Crippen LogP contribution in [0.15, 0.2) is 30.3 Å². The van der Waals surface area contributed by atoms with Crippen LogP contribution in [0.4, 0.5) is 5.82 Å². The molecular weight excluding hydrogens is 390 g/mol. The molecule has 3 unspecified atom stereocenters. The number of rotatable bonds is 7. The summed E-state index contributed by atoms with van der Waals surface area (Å²) in [6.45, 7) is 4.01. The summed E-state index contributed by atoms with van der Waals surface area (Å²) in [4.78, 5) is 24.8. The molecule has 3 atom stereocenters. The number of nitrogens with zero attached hydrogens (tertiary/aromatic N) is 2. The Kier molecular flexibility index (Phi) is 6.13. The van der Waals surface area contributed by atoms with Crippen LogP contribution in [0.25, 0.3) is 0 Å². The number of hydrogen-bond acceptors (Lipinski definition) is 4. The van der Waals surface area contributed by atoms with Gasteiger partial charge in [-0.3, -0.25) is 9.59 Å². The highest BCUT2D eigenvalue weighted by Gasteiger charge is 2.40. The van der Waals surface area contributed by atoms with Crippen LogP contribution in [0.3, 0.4) is 0 Å². The molecule has 0 radical (unpaired) electrons. The topological polar surface area (TPSA) is 84.1 Å². The van der Waals surface area contributed by atoms with Crippen LogP contribution in [0, 0.1) is 42.9 Å². The molecule has 162 valence electrons. The SMILES string of the molecule is Cc1c(C#N)c(NC(=O)COC(=O)CC2CC3CCC2C3)n(Cc2ccccc2)c1C. The first-order valence-electron chi connectivity index (χ1n) is 11.1. The van der Waals surface area contributed by atoms with E-state index in [-0.39, 0.29) is 12.6 Å². The molecule has 4 rings (SSSR count). The highest BCUT2D eigenvalue weighted by atomic mass is 16.5. The molecular formula is C25H29N3O3. The second-order valence-corrected chi connectivity index (χ2v) is 8.97. The Morgan fingerprint density at radius 2 is 1.97 bits per heavy atom. The van der Waals surface area contributed by atoms with Gasteiger partial charge < -0.3 is 14.6 Å². The second-order valence-electron chi connectivity index (χ2n) is 8.97. The summed E-state index contributed by atoms with van der Waals surface area (Å²) in [5, 5.41) is 12.5. The van der Waals surface area contributed by atoms with E-state index in [9.17, 15) is 14.9 Å². The summed E-state index contributed by atoms with van der Waals surface area (Å²) in [5.41, 5.74) is 3.26. The van der Waals surface area contributed by atoms with E-state index in [1.54, 1.807) is 0 Å². The lowest BCUT2D eigenvalue weighted by molar-refractivity contribution is -0.148. The number of anilines is 1. The maximum atomic E-state index is 12.6. The predicted molar refractivity (Wildman–Crippen MR) is 117 cm³/mol. The molecule has 1 heterocycles. The van der Waals surface area contributed by atoms with E-state index >= 15 is 0 Å². The lowest BCUT2D eigenvalue weighted by Crippen LogP contribution is -2.24. The molecule has 1 amide bonds. The molecule has 1 aromatic heterocycles. The van der Waals surface area contributed by atoms with Crippen LogP contribution in [-0.4, -0.2) is 23.1 Å². The van der Waals surface area contributed by atoms with E-state index in [0.29, 0.717) is 36.2 Å². The number of carbonyl (C=O) groups excluding carboxylic acids is 2. The van der Waals surface area contributed by atoms with Gasteiger partial charge in [-0.05, 0) is 62.0 Å². The van der Waals surface area contributed by atoms with Gasteiger partial charge in [-0.25, -0.2) is 0 Å². The normalized spacial score (nSPS) is 21.6. The first-order chi connectivity index (χ1) is 15.0. The van der Waals surface area contributed by atoms with Gasteiger partial charge in [0.2, 0.25) is 0 Å². The van der Waals surface area contributed by atoms with Crippen LogP contribution < -0.4 is 5.32 Å². The monoisotopic (exact) mass is 419 g/mol. The Labute approximate surface area is 183 Å². The molecule has 2 aromatic rings. The van der Waals surface area contributed by atoms with Crippen LogP contribution in [-0.2, 0) is 20.9 Å². The van der Waals surface area contributed by atoms with Crippen LogP contribution in [0.1, 0.15) is 54.5 Å². The largest absolute Gasteiger partial charge is 0.456 e. The van der Waals surface area contributed by atoms with Gasteiger partial charge in [-0.15, -0.1) is 0 Å². The summed E-state index contributed by atoms with van der Waals surface area (Å²) in [6, 6.07) is 12.1. The molecule has 1 aromatic carbocycles. The molecule has 1 N–H and O–H groups in total. The van der Waals surface area contributed by atoms with Crippen molar-refractivity contribution in [3.63, 3.8) is 0 Å². The van der Waals surface area contributed by atoms with Crippen molar-refractivity contribution in [3.05, 3.63) is 52.7 Å². The van der Waals surface area contributed by atoms with E-state index in [1.165, 1.54) is 19.3 Å². The van der Waals surface area contributed by atoms with Gasteiger partial charge in [0.1, 0.15) is 11.9 Å². The average molecular weight is 420 g/mol. The van der Waals surface area contributed by atoms with Crippen LogP contribution in [0.2, 0.25) is 0 Å². The molecule has 0 spiro atoms. The molecule has 0 saturated heterocycles. The van der Waals surface area contributed by atoms with Crippen molar-refractivity contribution >= 4 is 17.7 Å². The number of carbonyl (C=O) groups is 2. The minimum Gasteiger partial charge on any atom is -0.456 e. The number of aromatic nitrogens is 1. The number of ether oxygens (including phenoxy) is 1. The van der Waals surface area contributed by atoms with E-state index in [0.717, 1.165) is 29.2 Å². The fourth-order valence-electron chi connectivity index (χ4n) is 5.31. The molecule has 2 aliphatic carbocycles. The molecule has 2 bridgehead atoms. The summed E-state index contributed by atoms with van der Waals surface area (Å²) >= 11 is 0. The minimum absolute atomic E-state index is 0.305. The minimum atomic E-state index is -0.426. The number of fused-ring (bicyclic) bond motifs is 2. The smallest absolute Gasteiger partial charge is 0.306 e. The fourth-order valence-corrected chi connectivity index (χ4v) is 5.31. The molecule has 31 heavy (non-hydrogen) atoms. The van der Waals surface area contributed by atoms with E-state index in [2.05, 4.69) is 11.4 Å². The number of esters is 1. The number of nitriles is 1. The molecule has 6 nitrogen and oxygen atoms in total. The van der Waals surface area contributed by atoms with Gasteiger partial charge in [0.15, 0.2) is 6.61 Å². The van der Waals surface area contributed by atoms with Gasteiger partial charge in [-0.2, -0.15) is 5.26 Å². The van der Waals surface area contributed by atoms with E-state index in [1.807, 2.05) is 48.7 Å². The zero-order valence-electron chi connectivity index (χ0n) is 18.2. The molecule has 2 fully saturated rings. The first-order valence-corrected chi connectivity index (χ1v) is 11.1. The molecule has 0 aliphatic heterocycles. The third-order valence-electron chi connectivity index (χ3n) is 7.06. The third kappa shape index (κ3) is 4.51. The van der Waals surface area contributed by atoms with E-state index in [4.69, 9.17) is 4.74 Å². The van der Waals surface area contributed by atoms with E-state index < -0.39 is 5.91 Å². The Hall–Kier alpha value is -3.07. The lowest BCUT2D eigenvalue weighted by Gasteiger charge is -2.20. The molecule has 2 saturated carbocycles. The van der Waals surface area contributed by atoms with Gasteiger partial charge >= 0.3 is 5.97 Å². The van der Waals surface area contributed by atoms with Crippen LogP contribution >= 0.6 is 0 Å². The summed E-state index contributed by atoms with van der Waals surface area (Å²) in [5.74, 6) is 1.56. The number of hydrogen-bond donors (Lipinski definition) is 1. The molecule has 6 heteroatoms. The summed E-state index contributed by atoms with van der Waals surface area (Å²) in [6.07, 6.45) is 5.27. The Morgan fingerprint density at radius 3 is 2.61 bits per heavy atom.